The minimum Gasteiger partial charge on any atom is -0.0654 e. The third kappa shape index (κ3) is 5.96. The maximum atomic E-state index is 2.39. The van der Waals surface area contributed by atoms with Gasteiger partial charge in [-0.2, -0.15) is 0 Å². The van der Waals surface area contributed by atoms with Crippen LogP contribution in [-0.2, 0) is 6.42 Å². The largest absolute Gasteiger partial charge is 0.0654 e. The second kappa shape index (κ2) is 10.1. The Morgan fingerprint density at radius 3 is 1.96 bits per heavy atom. The molecule has 0 unspecified atom stereocenters. The van der Waals surface area contributed by atoms with Gasteiger partial charge in [0.05, 0.1) is 0 Å². The molecule has 1 fully saturated rings. The van der Waals surface area contributed by atoms with E-state index in [1.54, 1.807) is 5.56 Å². The molecule has 0 radical (unpaired) electrons. The Morgan fingerprint density at radius 2 is 1.41 bits per heavy atom. The summed E-state index contributed by atoms with van der Waals surface area (Å²) < 4.78 is 0. The lowest BCUT2D eigenvalue weighted by atomic mass is 9.76. The van der Waals surface area contributed by atoms with Crippen LogP contribution in [0.5, 0.6) is 0 Å². The van der Waals surface area contributed by atoms with E-state index in [1.165, 1.54) is 74.5 Å². The molecular weight excluding hydrogens is 324 g/mol. The molecule has 1 aliphatic carbocycles. The van der Waals surface area contributed by atoms with Crippen molar-refractivity contribution in [2.75, 3.05) is 0 Å². The van der Waals surface area contributed by atoms with E-state index in [-0.39, 0.29) is 0 Å². The van der Waals surface area contributed by atoms with Crippen LogP contribution >= 0.6 is 0 Å². The van der Waals surface area contributed by atoms with E-state index in [0.29, 0.717) is 0 Å². The first-order chi connectivity index (χ1) is 13.2. The first-order valence-electron chi connectivity index (χ1n) is 11.3. The van der Waals surface area contributed by atoms with Crippen molar-refractivity contribution in [1.82, 2.24) is 0 Å². The molecular formula is C27H38. The van der Waals surface area contributed by atoms with Crippen LogP contribution in [0.1, 0.15) is 89.2 Å². The SMILES string of the molecule is CCCCc1ccc(-c2ccc(C3CCC(CCC(C)C)CC3)cc2)cc1. The van der Waals surface area contributed by atoms with E-state index < -0.39 is 0 Å². The summed E-state index contributed by atoms with van der Waals surface area (Å²) in [6, 6.07) is 18.6. The number of rotatable bonds is 8. The molecule has 0 atom stereocenters. The number of hydrogen-bond donors (Lipinski definition) is 0. The van der Waals surface area contributed by atoms with Crippen LogP contribution in [0.25, 0.3) is 11.1 Å². The molecule has 146 valence electrons. The maximum absolute atomic E-state index is 2.39. The van der Waals surface area contributed by atoms with Crippen molar-refractivity contribution in [1.29, 1.82) is 0 Å². The Hall–Kier alpha value is -1.56. The Bertz CT molecular complexity index is 654. The zero-order valence-corrected chi connectivity index (χ0v) is 17.7. The summed E-state index contributed by atoms with van der Waals surface area (Å²) in [6.07, 6.45) is 12.2. The number of aryl methyl sites for hydroxylation is 1. The summed E-state index contributed by atoms with van der Waals surface area (Å²) in [5.41, 5.74) is 5.72. The lowest BCUT2D eigenvalue weighted by Gasteiger charge is -2.29. The predicted molar refractivity (Wildman–Crippen MR) is 119 cm³/mol. The van der Waals surface area contributed by atoms with Gasteiger partial charge in [0, 0.05) is 0 Å². The molecule has 2 aromatic carbocycles. The van der Waals surface area contributed by atoms with Gasteiger partial charge in [0.1, 0.15) is 0 Å². The molecule has 0 N–H and O–H groups in total. The Kier molecular flexibility index (Phi) is 7.56. The topological polar surface area (TPSA) is 0 Å². The van der Waals surface area contributed by atoms with E-state index in [9.17, 15) is 0 Å². The van der Waals surface area contributed by atoms with Crippen molar-refractivity contribution >= 4 is 0 Å². The quantitative estimate of drug-likeness (QED) is 0.442. The highest BCUT2D eigenvalue weighted by atomic mass is 14.3. The fourth-order valence-electron chi connectivity index (χ4n) is 4.55. The molecule has 0 heterocycles. The van der Waals surface area contributed by atoms with Crippen LogP contribution in [0.2, 0.25) is 0 Å². The first-order valence-corrected chi connectivity index (χ1v) is 11.3. The van der Waals surface area contributed by atoms with Gasteiger partial charge in [-0.1, -0.05) is 88.6 Å². The molecule has 0 spiro atoms. The van der Waals surface area contributed by atoms with Crippen LogP contribution in [0.3, 0.4) is 0 Å². The van der Waals surface area contributed by atoms with Gasteiger partial charge >= 0.3 is 0 Å². The minimum atomic E-state index is 0.783. The number of benzene rings is 2. The van der Waals surface area contributed by atoms with Crippen LogP contribution in [0, 0.1) is 11.8 Å². The zero-order valence-electron chi connectivity index (χ0n) is 17.7. The van der Waals surface area contributed by atoms with Gasteiger partial charge in [0.25, 0.3) is 0 Å². The molecule has 2 aromatic rings. The fraction of sp³-hybridized carbons (Fsp3) is 0.556. The van der Waals surface area contributed by atoms with Gasteiger partial charge in [-0.15, -0.1) is 0 Å². The molecule has 27 heavy (non-hydrogen) atoms. The van der Waals surface area contributed by atoms with Crippen molar-refractivity contribution in [3.05, 3.63) is 59.7 Å². The smallest absolute Gasteiger partial charge is 0.0162 e. The van der Waals surface area contributed by atoms with Crippen molar-refractivity contribution < 1.29 is 0 Å². The van der Waals surface area contributed by atoms with Crippen LogP contribution in [0.15, 0.2) is 48.5 Å². The minimum absolute atomic E-state index is 0.783. The molecule has 0 amide bonds. The lowest BCUT2D eigenvalue weighted by Crippen LogP contribution is -2.14. The Labute approximate surface area is 167 Å². The number of hydrogen-bond acceptors (Lipinski definition) is 0. The van der Waals surface area contributed by atoms with E-state index in [0.717, 1.165) is 17.8 Å². The molecule has 3 rings (SSSR count). The average Bonchev–Trinajstić information content (AvgIpc) is 2.72. The van der Waals surface area contributed by atoms with E-state index >= 15 is 0 Å². The standard InChI is InChI=1S/C27H38/c1-4-5-6-22-9-13-24(14-10-22)26-17-19-27(20-18-26)25-15-11-23(12-16-25)8-7-21(2)3/h9-10,13-14,17-21,23,25H,4-8,11-12,15-16H2,1-3H3. The highest BCUT2D eigenvalue weighted by Crippen LogP contribution is 2.38. The molecule has 1 aliphatic rings. The molecule has 0 heteroatoms. The highest BCUT2D eigenvalue weighted by molar-refractivity contribution is 5.64. The second-order valence-corrected chi connectivity index (χ2v) is 9.11. The molecule has 0 aromatic heterocycles. The Balaban J connectivity index is 1.54. The molecule has 0 bridgehead atoms. The number of unbranched alkanes of at least 4 members (excludes halogenated alkanes) is 1. The van der Waals surface area contributed by atoms with Crippen LogP contribution in [0.4, 0.5) is 0 Å². The van der Waals surface area contributed by atoms with Gasteiger partial charge < -0.3 is 0 Å². The van der Waals surface area contributed by atoms with E-state index in [1.807, 2.05) is 0 Å². The lowest BCUT2D eigenvalue weighted by molar-refractivity contribution is 0.293. The highest BCUT2D eigenvalue weighted by Gasteiger charge is 2.22. The summed E-state index contributed by atoms with van der Waals surface area (Å²) in [4.78, 5) is 0. The third-order valence-electron chi connectivity index (χ3n) is 6.49. The summed E-state index contributed by atoms with van der Waals surface area (Å²) in [7, 11) is 0. The van der Waals surface area contributed by atoms with Gasteiger partial charge in [-0.05, 0) is 78.5 Å². The van der Waals surface area contributed by atoms with Crippen molar-refractivity contribution in [2.24, 2.45) is 11.8 Å². The van der Waals surface area contributed by atoms with Crippen molar-refractivity contribution in [3.63, 3.8) is 0 Å². The average molecular weight is 363 g/mol. The van der Waals surface area contributed by atoms with Gasteiger partial charge in [0.2, 0.25) is 0 Å². The maximum Gasteiger partial charge on any atom is -0.0162 e. The molecule has 0 aliphatic heterocycles. The third-order valence-corrected chi connectivity index (χ3v) is 6.49. The monoisotopic (exact) mass is 362 g/mol. The van der Waals surface area contributed by atoms with Crippen molar-refractivity contribution in [2.45, 2.75) is 84.5 Å². The fourth-order valence-corrected chi connectivity index (χ4v) is 4.55. The van der Waals surface area contributed by atoms with Gasteiger partial charge in [-0.25, -0.2) is 0 Å². The Morgan fingerprint density at radius 1 is 0.815 bits per heavy atom. The molecule has 0 nitrogen and oxygen atoms in total. The van der Waals surface area contributed by atoms with Gasteiger partial charge in [-0.3, -0.25) is 0 Å². The normalized spacial score (nSPS) is 20.1. The summed E-state index contributed by atoms with van der Waals surface area (Å²) in [6.45, 7) is 6.96. The van der Waals surface area contributed by atoms with Crippen LogP contribution in [-0.4, -0.2) is 0 Å². The van der Waals surface area contributed by atoms with Crippen molar-refractivity contribution in [3.8, 4) is 11.1 Å². The summed E-state index contributed by atoms with van der Waals surface area (Å²) in [5, 5.41) is 0. The zero-order chi connectivity index (χ0) is 19.1. The summed E-state index contributed by atoms with van der Waals surface area (Å²) >= 11 is 0. The molecule has 0 saturated heterocycles. The predicted octanol–water partition coefficient (Wildman–Crippen LogP) is 8.41. The molecule has 1 saturated carbocycles. The van der Waals surface area contributed by atoms with Crippen LogP contribution < -0.4 is 0 Å². The van der Waals surface area contributed by atoms with E-state index in [2.05, 4.69) is 69.3 Å². The first kappa shape index (κ1) is 20.2. The second-order valence-electron chi connectivity index (χ2n) is 9.11. The summed E-state index contributed by atoms with van der Waals surface area (Å²) in [5.74, 6) is 2.62. The van der Waals surface area contributed by atoms with E-state index in [4.69, 9.17) is 0 Å². The van der Waals surface area contributed by atoms with Gasteiger partial charge in [0.15, 0.2) is 0 Å².